The van der Waals surface area contributed by atoms with E-state index >= 15 is 0 Å². The molecule has 0 aliphatic carbocycles. The molecule has 1 aromatic carbocycles. The van der Waals surface area contributed by atoms with Crippen molar-refractivity contribution in [3.63, 3.8) is 0 Å². The van der Waals surface area contributed by atoms with E-state index in [1.54, 1.807) is 0 Å². The number of aromatic amines is 1. The second kappa shape index (κ2) is 5.45. The number of fused-ring (bicyclic) bond motifs is 1. The minimum Gasteiger partial charge on any atom is -0.392 e. The number of anilines is 1. The quantitative estimate of drug-likeness (QED) is 0.791. The monoisotopic (exact) mass is 260 g/mol. The molecule has 0 saturated heterocycles. The Balaban J connectivity index is 2.06. The van der Waals surface area contributed by atoms with Crippen LogP contribution in [0.25, 0.3) is 10.9 Å². The molecule has 19 heavy (non-hydrogen) atoms. The lowest BCUT2D eigenvalue weighted by Gasteiger charge is -2.14. The lowest BCUT2D eigenvalue weighted by Crippen LogP contribution is -2.23. The maximum atomic E-state index is 11.8. The number of nitrogens with one attached hydrogen (secondary N) is 2. The number of benzene rings is 1. The summed E-state index contributed by atoms with van der Waals surface area (Å²) >= 11 is 0. The second-order valence-corrected chi connectivity index (χ2v) is 5.32. The average molecular weight is 260 g/mol. The lowest BCUT2D eigenvalue weighted by atomic mass is 10.0. The molecular formula is C15H20N2O2. The minimum atomic E-state index is -0.599. The molecule has 0 radical (unpaired) electrons. The van der Waals surface area contributed by atoms with Crippen LogP contribution >= 0.6 is 0 Å². The van der Waals surface area contributed by atoms with Gasteiger partial charge in [-0.2, -0.15) is 0 Å². The van der Waals surface area contributed by atoms with Crippen LogP contribution in [0.2, 0.25) is 0 Å². The SMILES string of the molecule is Cc1cc2cc(NC(=O)CC(O)C(C)C)ccc2[nH]1. The lowest BCUT2D eigenvalue weighted by molar-refractivity contribution is -0.118. The fourth-order valence-corrected chi connectivity index (χ4v) is 1.99. The van der Waals surface area contributed by atoms with Crippen LogP contribution in [0.1, 0.15) is 26.0 Å². The summed E-state index contributed by atoms with van der Waals surface area (Å²) in [5.41, 5.74) is 2.90. The molecule has 102 valence electrons. The number of rotatable bonds is 4. The molecule has 0 spiro atoms. The fourth-order valence-electron chi connectivity index (χ4n) is 1.99. The number of hydrogen-bond donors (Lipinski definition) is 3. The molecule has 3 N–H and O–H groups in total. The summed E-state index contributed by atoms with van der Waals surface area (Å²) in [7, 11) is 0. The Morgan fingerprint density at radius 1 is 1.37 bits per heavy atom. The molecule has 1 heterocycles. The van der Waals surface area contributed by atoms with Gasteiger partial charge in [0.15, 0.2) is 0 Å². The maximum absolute atomic E-state index is 11.8. The van der Waals surface area contributed by atoms with E-state index < -0.39 is 6.10 Å². The highest BCUT2D eigenvalue weighted by atomic mass is 16.3. The summed E-state index contributed by atoms with van der Waals surface area (Å²) in [5, 5.41) is 13.6. The Labute approximate surface area is 112 Å². The van der Waals surface area contributed by atoms with Crippen molar-refractivity contribution in [2.75, 3.05) is 5.32 Å². The van der Waals surface area contributed by atoms with Gasteiger partial charge in [0.1, 0.15) is 0 Å². The van der Waals surface area contributed by atoms with Gasteiger partial charge in [-0.05, 0) is 37.1 Å². The molecule has 1 aromatic heterocycles. The first-order valence-corrected chi connectivity index (χ1v) is 6.53. The minimum absolute atomic E-state index is 0.0838. The van der Waals surface area contributed by atoms with Gasteiger partial charge in [-0.15, -0.1) is 0 Å². The Kier molecular flexibility index (Phi) is 3.90. The third-order valence-electron chi connectivity index (χ3n) is 3.20. The van der Waals surface area contributed by atoms with Gasteiger partial charge in [0.2, 0.25) is 5.91 Å². The maximum Gasteiger partial charge on any atom is 0.226 e. The number of hydrogen-bond acceptors (Lipinski definition) is 2. The number of aromatic nitrogens is 1. The zero-order valence-electron chi connectivity index (χ0n) is 11.5. The van der Waals surface area contributed by atoms with Crippen molar-refractivity contribution in [1.29, 1.82) is 0 Å². The standard InChI is InChI=1S/C15H20N2O2/c1-9(2)14(18)8-15(19)17-12-4-5-13-11(7-12)6-10(3)16-13/h4-7,9,14,16,18H,8H2,1-3H3,(H,17,19). The highest BCUT2D eigenvalue weighted by Gasteiger charge is 2.14. The van der Waals surface area contributed by atoms with Crippen molar-refractivity contribution in [3.05, 3.63) is 30.0 Å². The normalized spacial score (nSPS) is 12.9. The van der Waals surface area contributed by atoms with E-state index in [4.69, 9.17) is 0 Å². The van der Waals surface area contributed by atoms with Gasteiger partial charge < -0.3 is 15.4 Å². The third kappa shape index (κ3) is 3.35. The summed E-state index contributed by atoms with van der Waals surface area (Å²) in [6.07, 6.45) is -0.472. The molecular weight excluding hydrogens is 240 g/mol. The van der Waals surface area contributed by atoms with E-state index in [0.29, 0.717) is 0 Å². The molecule has 4 nitrogen and oxygen atoms in total. The Bertz CT molecular complexity index is 587. The number of carbonyl (C=O) groups is 1. The van der Waals surface area contributed by atoms with Crippen molar-refractivity contribution >= 4 is 22.5 Å². The zero-order valence-corrected chi connectivity index (χ0v) is 11.5. The smallest absolute Gasteiger partial charge is 0.226 e. The third-order valence-corrected chi connectivity index (χ3v) is 3.20. The molecule has 0 fully saturated rings. The van der Waals surface area contributed by atoms with Gasteiger partial charge in [-0.1, -0.05) is 13.8 Å². The summed E-state index contributed by atoms with van der Waals surface area (Å²) in [6.45, 7) is 5.79. The first-order chi connectivity index (χ1) is 8.95. The Morgan fingerprint density at radius 3 is 2.79 bits per heavy atom. The van der Waals surface area contributed by atoms with Crippen LogP contribution in [0.5, 0.6) is 0 Å². The molecule has 4 heteroatoms. The number of amides is 1. The molecule has 1 unspecified atom stereocenters. The van der Waals surface area contributed by atoms with Gasteiger partial charge in [0.05, 0.1) is 12.5 Å². The Morgan fingerprint density at radius 2 is 2.11 bits per heavy atom. The van der Waals surface area contributed by atoms with E-state index in [1.165, 1.54) is 0 Å². The predicted molar refractivity (Wildman–Crippen MR) is 77.1 cm³/mol. The number of aliphatic hydroxyl groups is 1. The molecule has 0 bridgehead atoms. The molecule has 0 aliphatic heterocycles. The van der Waals surface area contributed by atoms with E-state index in [0.717, 1.165) is 22.3 Å². The van der Waals surface area contributed by atoms with Crippen molar-refractivity contribution in [2.45, 2.75) is 33.3 Å². The molecule has 2 aromatic rings. The van der Waals surface area contributed by atoms with Crippen molar-refractivity contribution in [2.24, 2.45) is 5.92 Å². The average Bonchev–Trinajstić information content (AvgIpc) is 2.68. The largest absolute Gasteiger partial charge is 0.392 e. The van der Waals surface area contributed by atoms with E-state index in [1.807, 2.05) is 45.0 Å². The number of carbonyl (C=O) groups excluding carboxylic acids is 1. The van der Waals surface area contributed by atoms with Gasteiger partial charge >= 0.3 is 0 Å². The van der Waals surface area contributed by atoms with E-state index in [-0.39, 0.29) is 18.2 Å². The topological polar surface area (TPSA) is 65.1 Å². The summed E-state index contributed by atoms with van der Waals surface area (Å²) < 4.78 is 0. The summed E-state index contributed by atoms with van der Waals surface area (Å²) in [5.74, 6) is -0.0756. The zero-order chi connectivity index (χ0) is 14.0. The Hall–Kier alpha value is -1.81. The highest BCUT2D eigenvalue weighted by molar-refractivity contribution is 5.94. The van der Waals surface area contributed by atoms with Crippen molar-refractivity contribution in [3.8, 4) is 0 Å². The fraction of sp³-hybridized carbons (Fsp3) is 0.400. The predicted octanol–water partition coefficient (Wildman–Crippen LogP) is 2.82. The number of aryl methyl sites for hydroxylation is 1. The first-order valence-electron chi connectivity index (χ1n) is 6.53. The second-order valence-electron chi connectivity index (χ2n) is 5.32. The molecule has 2 rings (SSSR count). The van der Waals surface area contributed by atoms with Crippen LogP contribution in [0, 0.1) is 12.8 Å². The van der Waals surface area contributed by atoms with Gasteiger partial charge in [-0.25, -0.2) is 0 Å². The van der Waals surface area contributed by atoms with Gasteiger partial charge in [0, 0.05) is 22.3 Å². The number of H-pyrrole nitrogens is 1. The first kappa shape index (κ1) is 13.6. The summed E-state index contributed by atoms with van der Waals surface area (Å²) in [4.78, 5) is 15.0. The van der Waals surface area contributed by atoms with Crippen LogP contribution < -0.4 is 5.32 Å². The van der Waals surface area contributed by atoms with Crippen molar-refractivity contribution in [1.82, 2.24) is 4.98 Å². The van der Waals surface area contributed by atoms with E-state index in [2.05, 4.69) is 10.3 Å². The van der Waals surface area contributed by atoms with Crippen LogP contribution in [-0.2, 0) is 4.79 Å². The van der Waals surface area contributed by atoms with Crippen LogP contribution in [0.4, 0.5) is 5.69 Å². The molecule has 1 atom stereocenters. The van der Waals surface area contributed by atoms with Crippen molar-refractivity contribution < 1.29 is 9.90 Å². The number of aliphatic hydroxyl groups excluding tert-OH is 1. The van der Waals surface area contributed by atoms with Gasteiger partial charge in [-0.3, -0.25) is 4.79 Å². The van der Waals surface area contributed by atoms with Crippen LogP contribution in [0.15, 0.2) is 24.3 Å². The van der Waals surface area contributed by atoms with Crippen LogP contribution in [-0.4, -0.2) is 22.1 Å². The molecule has 0 aliphatic rings. The highest BCUT2D eigenvalue weighted by Crippen LogP contribution is 2.20. The summed E-state index contributed by atoms with van der Waals surface area (Å²) in [6, 6.07) is 7.77. The van der Waals surface area contributed by atoms with Crippen LogP contribution in [0.3, 0.4) is 0 Å². The van der Waals surface area contributed by atoms with Gasteiger partial charge in [0.25, 0.3) is 0 Å². The molecule has 1 amide bonds. The van der Waals surface area contributed by atoms with E-state index in [9.17, 15) is 9.90 Å². The molecule has 0 saturated carbocycles.